The molecule has 1 N–H and O–H groups in total. The molecule has 1 aliphatic rings. The van der Waals surface area contributed by atoms with E-state index in [-0.39, 0.29) is 0 Å². The molecule has 1 fully saturated rings. The molecule has 4 heteroatoms. The zero-order chi connectivity index (χ0) is 10.8. The molecule has 0 radical (unpaired) electrons. The molecule has 2 unspecified atom stereocenters. The Labute approximate surface area is 89.7 Å². The fourth-order valence-electron chi connectivity index (χ4n) is 2.26. The van der Waals surface area contributed by atoms with Crippen molar-refractivity contribution in [2.75, 3.05) is 0 Å². The zero-order valence-corrected chi connectivity index (χ0v) is 9.31. The average molecular weight is 210 g/mol. The monoisotopic (exact) mass is 210 g/mol. The van der Waals surface area contributed by atoms with Gasteiger partial charge in [0.2, 0.25) is 0 Å². The molecule has 0 spiro atoms. The minimum atomic E-state index is -0.658. The third-order valence-electron chi connectivity index (χ3n) is 3.30. The molecule has 0 aliphatic heterocycles. The summed E-state index contributed by atoms with van der Waals surface area (Å²) in [6, 6.07) is 0. The van der Waals surface area contributed by atoms with E-state index in [4.69, 9.17) is 4.52 Å². The van der Waals surface area contributed by atoms with Crippen LogP contribution in [0.5, 0.6) is 0 Å². The maximum Gasteiger partial charge on any atom is 0.255 e. The van der Waals surface area contributed by atoms with Gasteiger partial charge in [-0.1, -0.05) is 18.5 Å². The number of nitrogens with zero attached hydrogens (tertiary/aromatic N) is 2. The fraction of sp³-hybridized carbons (Fsp3) is 0.818. The van der Waals surface area contributed by atoms with Crippen LogP contribution in [0.25, 0.3) is 0 Å². The maximum absolute atomic E-state index is 9.28. The molecule has 0 aromatic carbocycles. The predicted octanol–water partition coefficient (Wildman–Crippen LogP) is 2.42. The number of aliphatic hydroxyl groups is 1. The van der Waals surface area contributed by atoms with Gasteiger partial charge in [-0.15, -0.1) is 0 Å². The number of hydrogen-bond acceptors (Lipinski definition) is 4. The molecule has 1 aromatic heterocycles. The van der Waals surface area contributed by atoms with E-state index < -0.39 is 6.10 Å². The minimum Gasteiger partial charge on any atom is -0.384 e. The van der Waals surface area contributed by atoms with E-state index in [2.05, 4.69) is 17.1 Å². The second kappa shape index (κ2) is 4.31. The Morgan fingerprint density at radius 1 is 1.53 bits per heavy atom. The van der Waals surface area contributed by atoms with E-state index in [1.807, 2.05) is 0 Å². The van der Waals surface area contributed by atoms with Crippen LogP contribution in [0.3, 0.4) is 0 Å². The van der Waals surface area contributed by atoms with E-state index in [1.54, 1.807) is 6.92 Å². The Kier molecular flexibility index (Phi) is 3.05. The van der Waals surface area contributed by atoms with Crippen molar-refractivity contribution >= 4 is 0 Å². The first-order valence-electron chi connectivity index (χ1n) is 5.72. The highest BCUT2D eigenvalue weighted by molar-refractivity contribution is 5.00. The van der Waals surface area contributed by atoms with Crippen molar-refractivity contribution in [3.8, 4) is 0 Å². The summed E-state index contributed by atoms with van der Waals surface area (Å²) in [6.07, 6.45) is 4.15. The Morgan fingerprint density at radius 2 is 2.33 bits per heavy atom. The molecule has 4 nitrogen and oxygen atoms in total. The number of hydrogen-bond donors (Lipinski definition) is 1. The maximum atomic E-state index is 9.28. The van der Waals surface area contributed by atoms with Gasteiger partial charge in [0, 0.05) is 5.92 Å². The van der Waals surface area contributed by atoms with Crippen molar-refractivity contribution in [2.24, 2.45) is 5.92 Å². The first-order valence-corrected chi connectivity index (χ1v) is 5.72. The second-order valence-corrected chi connectivity index (χ2v) is 4.45. The van der Waals surface area contributed by atoms with Crippen LogP contribution in [-0.4, -0.2) is 15.2 Å². The van der Waals surface area contributed by atoms with Gasteiger partial charge in [-0.05, 0) is 32.1 Å². The van der Waals surface area contributed by atoms with Crippen LogP contribution in [0.15, 0.2) is 4.52 Å². The molecule has 2 rings (SSSR count). The summed E-state index contributed by atoms with van der Waals surface area (Å²) in [6.45, 7) is 3.87. The van der Waals surface area contributed by atoms with E-state index in [0.29, 0.717) is 11.8 Å². The van der Waals surface area contributed by atoms with Gasteiger partial charge in [-0.25, -0.2) is 0 Å². The van der Waals surface area contributed by atoms with Crippen LogP contribution in [0, 0.1) is 5.92 Å². The van der Waals surface area contributed by atoms with Crippen molar-refractivity contribution < 1.29 is 9.63 Å². The Morgan fingerprint density at radius 3 is 2.87 bits per heavy atom. The van der Waals surface area contributed by atoms with Gasteiger partial charge in [-0.2, -0.15) is 4.98 Å². The van der Waals surface area contributed by atoms with Gasteiger partial charge in [0.15, 0.2) is 5.82 Å². The molecule has 1 heterocycles. The highest BCUT2D eigenvalue weighted by Crippen LogP contribution is 2.38. The first-order chi connectivity index (χ1) is 7.20. The van der Waals surface area contributed by atoms with Crippen LogP contribution < -0.4 is 0 Å². The van der Waals surface area contributed by atoms with Gasteiger partial charge in [0.1, 0.15) is 6.10 Å². The molecule has 3 atom stereocenters. The zero-order valence-electron chi connectivity index (χ0n) is 9.31. The van der Waals surface area contributed by atoms with Crippen molar-refractivity contribution in [3.63, 3.8) is 0 Å². The summed E-state index contributed by atoms with van der Waals surface area (Å²) >= 11 is 0. The largest absolute Gasteiger partial charge is 0.384 e. The van der Waals surface area contributed by atoms with Gasteiger partial charge in [0.25, 0.3) is 5.89 Å². The Hall–Kier alpha value is -0.900. The van der Waals surface area contributed by atoms with Gasteiger partial charge in [0.05, 0.1) is 0 Å². The summed E-state index contributed by atoms with van der Waals surface area (Å²) in [5, 5.41) is 13.2. The second-order valence-electron chi connectivity index (χ2n) is 4.45. The van der Waals surface area contributed by atoms with Crippen molar-refractivity contribution in [1.82, 2.24) is 10.1 Å². The molecule has 84 valence electrons. The molecule has 0 bridgehead atoms. The Bertz CT molecular complexity index is 322. The van der Waals surface area contributed by atoms with Crippen molar-refractivity contribution in [2.45, 2.75) is 51.6 Å². The summed E-state index contributed by atoms with van der Waals surface area (Å²) in [4.78, 5) is 4.23. The normalized spacial score (nSPS) is 28.2. The molecule has 1 saturated carbocycles. The van der Waals surface area contributed by atoms with E-state index in [0.717, 1.165) is 24.6 Å². The Balaban J connectivity index is 2.04. The highest BCUT2D eigenvalue weighted by Gasteiger charge is 2.28. The standard InChI is InChI=1S/C11H18N2O2/c1-3-8-4-5-9(6-8)10-12-11(7(2)14)15-13-10/h7-9,14H,3-6H2,1-2H3/t7-,8?,9?/m0/s1. The van der Waals surface area contributed by atoms with Crippen LogP contribution in [0.4, 0.5) is 0 Å². The third-order valence-corrected chi connectivity index (χ3v) is 3.30. The molecule has 15 heavy (non-hydrogen) atoms. The molecule has 1 aliphatic carbocycles. The summed E-state index contributed by atoms with van der Waals surface area (Å²) < 4.78 is 5.00. The first kappa shape index (κ1) is 10.6. The lowest BCUT2D eigenvalue weighted by Crippen LogP contribution is -1.98. The fourth-order valence-corrected chi connectivity index (χ4v) is 2.26. The third kappa shape index (κ3) is 2.20. The van der Waals surface area contributed by atoms with Gasteiger partial charge >= 0.3 is 0 Å². The van der Waals surface area contributed by atoms with Crippen LogP contribution in [-0.2, 0) is 0 Å². The minimum absolute atomic E-state index is 0.338. The average Bonchev–Trinajstić information content (AvgIpc) is 2.86. The molecule has 0 saturated heterocycles. The lowest BCUT2D eigenvalue weighted by molar-refractivity contribution is 0.151. The van der Waals surface area contributed by atoms with E-state index >= 15 is 0 Å². The predicted molar refractivity (Wildman–Crippen MR) is 55.3 cm³/mol. The summed E-state index contributed by atoms with van der Waals surface area (Å²) in [5.41, 5.74) is 0. The quantitative estimate of drug-likeness (QED) is 0.832. The smallest absolute Gasteiger partial charge is 0.255 e. The molecular formula is C11H18N2O2. The van der Waals surface area contributed by atoms with Crippen LogP contribution >= 0.6 is 0 Å². The number of aliphatic hydroxyl groups excluding tert-OH is 1. The molecule has 1 aromatic rings. The van der Waals surface area contributed by atoms with Crippen molar-refractivity contribution in [1.29, 1.82) is 0 Å². The highest BCUT2D eigenvalue weighted by atomic mass is 16.5. The number of rotatable bonds is 3. The summed E-state index contributed by atoms with van der Waals surface area (Å²) in [7, 11) is 0. The van der Waals surface area contributed by atoms with Gasteiger partial charge < -0.3 is 9.63 Å². The van der Waals surface area contributed by atoms with Crippen LogP contribution in [0.1, 0.15) is 63.3 Å². The van der Waals surface area contributed by atoms with E-state index in [9.17, 15) is 5.11 Å². The topological polar surface area (TPSA) is 59.2 Å². The SMILES string of the molecule is CCC1CCC(c2noc([C@H](C)O)n2)C1. The van der Waals surface area contributed by atoms with E-state index in [1.165, 1.54) is 12.8 Å². The number of aromatic nitrogens is 2. The lowest BCUT2D eigenvalue weighted by atomic mass is 10.0. The van der Waals surface area contributed by atoms with Crippen molar-refractivity contribution in [3.05, 3.63) is 11.7 Å². The summed E-state index contributed by atoms with van der Waals surface area (Å²) in [5.74, 6) is 2.36. The van der Waals surface area contributed by atoms with Crippen LogP contribution in [0.2, 0.25) is 0 Å². The molecular weight excluding hydrogens is 192 g/mol. The molecule has 0 amide bonds. The lowest BCUT2D eigenvalue weighted by Gasteiger charge is -2.04. The van der Waals surface area contributed by atoms with Gasteiger partial charge in [-0.3, -0.25) is 0 Å².